The first kappa shape index (κ1) is 9.26. The van der Waals surface area contributed by atoms with Gasteiger partial charge < -0.3 is 5.73 Å². The largest absolute Gasteiger partial charge is 0.327 e. The lowest BCUT2D eigenvalue weighted by Crippen LogP contribution is -2.37. The zero-order valence-electron chi connectivity index (χ0n) is 8.63. The van der Waals surface area contributed by atoms with Gasteiger partial charge in [-0.25, -0.2) is 0 Å². The van der Waals surface area contributed by atoms with Crippen LogP contribution in [0.1, 0.15) is 45.4 Å². The Balaban J connectivity index is 2.06. The normalized spacial score (nSPS) is 36.2. The van der Waals surface area contributed by atoms with Crippen molar-refractivity contribution in [3.63, 3.8) is 0 Å². The molecule has 0 bridgehead atoms. The molecule has 74 valence electrons. The molecule has 0 saturated heterocycles. The molecule has 0 amide bonds. The SMILES string of the molecule is CCCC1CCC=CC2(CC2)[C@@H]1N. The summed E-state index contributed by atoms with van der Waals surface area (Å²) in [4.78, 5) is 0. The molecule has 0 aromatic rings. The van der Waals surface area contributed by atoms with E-state index >= 15 is 0 Å². The van der Waals surface area contributed by atoms with Crippen LogP contribution in [0.25, 0.3) is 0 Å². The van der Waals surface area contributed by atoms with Gasteiger partial charge in [-0.2, -0.15) is 0 Å². The van der Waals surface area contributed by atoms with Gasteiger partial charge in [0.05, 0.1) is 0 Å². The van der Waals surface area contributed by atoms with E-state index < -0.39 is 0 Å². The first-order valence-electron chi connectivity index (χ1n) is 5.72. The van der Waals surface area contributed by atoms with Gasteiger partial charge in [-0.1, -0.05) is 25.5 Å². The fourth-order valence-corrected chi connectivity index (χ4v) is 2.73. The highest BCUT2D eigenvalue weighted by molar-refractivity contribution is 5.17. The zero-order chi connectivity index (χ0) is 9.31. The summed E-state index contributed by atoms with van der Waals surface area (Å²) in [6.07, 6.45) is 12.6. The summed E-state index contributed by atoms with van der Waals surface area (Å²) in [5, 5.41) is 0. The van der Waals surface area contributed by atoms with Crippen molar-refractivity contribution in [2.24, 2.45) is 17.1 Å². The minimum Gasteiger partial charge on any atom is -0.327 e. The molecule has 2 N–H and O–H groups in total. The van der Waals surface area contributed by atoms with Gasteiger partial charge in [0.2, 0.25) is 0 Å². The molecule has 1 nitrogen and oxygen atoms in total. The highest BCUT2D eigenvalue weighted by atomic mass is 14.8. The zero-order valence-corrected chi connectivity index (χ0v) is 8.63. The molecule has 2 atom stereocenters. The van der Waals surface area contributed by atoms with Crippen LogP contribution in [-0.2, 0) is 0 Å². The number of hydrogen-bond donors (Lipinski definition) is 1. The van der Waals surface area contributed by atoms with Crippen molar-refractivity contribution < 1.29 is 0 Å². The lowest BCUT2D eigenvalue weighted by Gasteiger charge is -2.27. The number of allylic oxidation sites excluding steroid dienone is 1. The lowest BCUT2D eigenvalue weighted by atomic mass is 9.83. The Hall–Kier alpha value is -0.300. The van der Waals surface area contributed by atoms with Gasteiger partial charge in [0.1, 0.15) is 0 Å². The van der Waals surface area contributed by atoms with Gasteiger partial charge in [0.15, 0.2) is 0 Å². The third-order valence-electron chi connectivity index (χ3n) is 3.81. The van der Waals surface area contributed by atoms with Crippen molar-refractivity contribution in [2.45, 2.75) is 51.5 Å². The van der Waals surface area contributed by atoms with Crippen LogP contribution in [0.4, 0.5) is 0 Å². The molecule has 1 heteroatoms. The van der Waals surface area contributed by atoms with Crippen molar-refractivity contribution in [3.8, 4) is 0 Å². The third-order valence-corrected chi connectivity index (χ3v) is 3.81. The van der Waals surface area contributed by atoms with Crippen LogP contribution < -0.4 is 5.73 Å². The van der Waals surface area contributed by atoms with Crippen LogP contribution in [0, 0.1) is 11.3 Å². The van der Waals surface area contributed by atoms with Gasteiger partial charge >= 0.3 is 0 Å². The molecule has 2 rings (SSSR count). The molecule has 1 saturated carbocycles. The highest BCUT2D eigenvalue weighted by Crippen LogP contribution is 2.53. The topological polar surface area (TPSA) is 26.0 Å². The number of hydrogen-bond acceptors (Lipinski definition) is 1. The monoisotopic (exact) mass is 179 g/mol. The summed E-state index contributed by atoms with van der Waals surface area (Å²) in [5.41, 5.74) is 6.79. The molecular formula is C12H21N. The minimum absolute atomic E-state index is 0.441. The second kappa shape index (κ2) is 3.45. The second-order valence-corrected chi connectivity index (χ2v) is 4.79. The van der Waals surface area contributed by atoms with E-state index in [0.717, 1.165) is 5.92 Å². The van der Waals surface area contributed by atoms with Crippen LogP contribution in [0.3, 0.4) is 0 Å². The van der Waals surface area contributed by atoms with E-state index in [1.165, 1.54) is 38.5 Å². The Labute approximate surface area is 81.4 Å². The first-order chi connectivity index (χ1) is 6.28. The molecule has 1 spiro atoms. The van der Waals surface area contributed by atoms with Crippen LogP contribution >= 0.6 is 0 Å². The van der Waals surface area contributed by atoms with Crippen molar-refractivity contribution >= 4 is 0 Å². The van der Waals surface area contributed by atoms with Gasteiger partial charge in [-0.3, -0.25) is 0 Å². The van der Waals surface area contributed by atoms with E-state index in [1.54, 1.807) is 0 Å². The third kappa shape index (κ3) is 1.67. The van der Waals surface area contributed by atoms with Crippen molar-refractivity contribution in [1.82, 2.24) is 0 Å². The van der Waals surface area contributed by atoms with E-state index in [0.29, 0.717) is 11.5 Å². The molecule has 13 heavy (non-hydrogen) atoms. The van der Waals surface area contributed by atoms with Crippen molar-refractivity contribution in [1.29, 1.82) is 0 Å². The summed E-state index contributed by atoms with van der Waals surface area (Å²) in [6.45, 7) is 2.27. The lowest BCUT2D eigenvalue weighted by molar-refractivity contribution is 0.308. The molecule has 0 aromatic heterocycles. The van der Waals surface area contributed by atoms with Crippen LogP contribution in [-0.4, -0.2) is 6.04 Å². The predicted molar refractivity (Wildman–Crippen MR) is 56.4 cm³/mol. The maximum atomic E-state index is 6.35. The average molecular weight is 179 g/mol. The fraction of sp³-hybridized carbons (Fsp3) is 0.833. The first-order valence-corrected chi connectivity index (χ1v) is 5.72. The van der Waals surface area contributed by atoms with Gasteiger partial charge in [0, 0.05) is 11.5 Å². The fourth-order valence-electron chi connectivity index (χ4n) is 2.73. The molecule has 0 aromatic carbocycles. The van der Waals surface area contributed by atoms with E-state index in [2.05, 4.69) is 19.1 Å². The van der Waals surface area contributed by atoms with Crippen molar-refractivity contribution in [2.75, 3.05) is 0 Å². The number of nitrogens with two attached hydrogens (primary N) is 1. The molecule has 1 fully saturated rings. The van der Waals surface area contributed by atoms with Gasteiger partial charge in [-0.15, -0.1) is 0 Å². The van der Waals surface area contributed by atoms with E-state index in [-0.39, 0.29) is 0 Å². The van der Waals surface area contributed by atoms with E-state index in [4.69, 9.17) is 5.73 Å². The summed E-state index contributed by atoms with van der Waals surface area (Å²) < 4.78 is 0. The van der Waals surface area contributed by atoms with E-state index in [9.17, 15) is 0 Å². The predicted octanol–water partition coefficient (Wildman–Crippen LogP) is 2.86. The Morgan fingerprint density at radius 1 is 1.46 bits per heavy atom. The minimum atomic E-state index is 0.441. The maximum Gasteiger partial charge on any atom is 0.0159 e. The van der Waals surface area contributed by atoms with Crippen molar-refractivity contribution in [3.05, 3.63) is 12.2 Å². The van der Waals surface area contributed by atoms with Gasteiger partial charge in [-0.05, 0) is 38.0 Å². The van der Waals surface area contributed by atoms with Crippen LogP contribution in [0.2, 0.25) is 0 Å². The highest BCUT2D eigenvalue weighted by Gasteiger charge is 2.48. The maximum absolute atomic E-state index is 6.35. The molecule has 0 heterocycles. The summed E-state index contributed by atoms with van der Waals surface area (Å²) in [5.74, 6) is 0.780. The van der Waals surface area contributed by atoms with Crippen LogP contribution in [0.15, 0.2) is 12.2 Å². The standard InChI is InChI=1S/C12H21N/c1-2-5-10-6-3-4-7-12(8-9-12)11(10)13/h4,7,10-11H,2-3,5-6,8-9,13H2,1H3/t10?,11-/m1/s1. The Morgan fingerprint density at radius 3 is 2.85 bits per heavy atom. The van der Waals surface area contributed by atoms with Gasteiger partial charge in [0.25, 0.3) is 0 Å². The summed E-state index contributed by atoms with van der Waals surface area (Å²) in [6, 6.07) is 0.450. The summed E-state index contributed by atoms with van der Waals surface area (Å²) in [7, 11) is 0. The molecule has 2 aliphatic carbocycles. The molecule has 1 unspecified atom stereocenters. The van der Waals surface area contributed by atoms with E-state index in [1.807, 2.05) is 0 Å². The smallest absolute Gasteiger partial charge is 0.0159 e. The van der Waals surface area contributed by atoms with Crippen LogP contribution in [0.5, 0.6) is 0 Å². The molecular weight excluding hydrogens is 158 g/mol. The Kier molecular flexibility index (Phi) is 2.46. The molecule has 2 aliphatic rings. The molecule has 0 radical (unpaired) electrons. The second-order valence-electron chi connectivity index (χ2n) is 4.79. The summed E-state index contributed by atoms with van der Waals surface area (Å²) >= 11 is 0. The molecule has 0 aliphatic heterocycles. The average Bonchev–Trinajstić information content (AvgIpc) is 2.91. The Morgan fingerprint density at radius 2 is 2.23 bits per heavy atom. The number of rotatable bonds is 2. The quantitative estimate of drug-likeness (QED) is 0.648. The Bertz CT molecular complexity index is 203.